The third-order valence-corrected chi connectivity index (χ3v) is 3.79. The molecule has 2 amide bonds. The number of rotatable bonds is 3. The Labute approximate surface area is 104 Å². The summed E-state index contributed by atoms with van der Waals surface area (Å²) in [7, 11) is 0. The average Bonchev–Trinajstić information content (AvgIpc) is 2.35. The van der Waals surface area contributed by atoms with Crippen LogP contribution in [0.1, 0.15) is 47.5 Å². The number of carbonyl (C=O) groups is 2. The molecule has 2 unspecified atom stereocenters. The molecule has 1 N–H and O–H groups in total. The van der Waals surface area contributed by atoms with Crippen molar-refractivity contribution in [3.05, 3.63) is 0 Å². The Bertz CT molecular complexity index is 313. The summed E-state index contributed by atoms with van der Waals surface area (Å²) >= 11 is 0. The minimum Gasteiger partial charge on any atom is -0.342 e. The van der Waals surface area contributed by atoms with Crippen molar-refractivity contribution in [2.45, 2.75) is 59.0 Å². The fourth-order valence-corrected chi connectivity index (χ4v) is 2.18. The molecule has 0 aromatic heterocycles. The number of amides is 2. The quantitative estimate of drug-likeness (QED) is 0.813. The van der Waals surface area contributed by atoms with Crippen LogP contribution < -0.4 is 5.32 Å². The van der Waals surface area contributed by atoms with E-state index in [2.05, 4.69) is 26.1 Å². The SMILES string of the molecule is CCC(C)C(C)N1CCC(=O)NC(C)(C)C1=O. The van der Waals surface area contributed by atoms with Crippen molar-refractivity contribution in [3.8, 4) is 0 Å². The van der Waals surface area contributed by atoms with Gasteiger partial charge in [-0.3, -0.25) is 9.59 Å². The van der Waals surface area contributed by atoms with Crippen LogP contribution in [-0.2, 0) is 9.59 Å². The van der Waals surface area contributed by atoms with Gasteiger partial charge in [0.25, 0.3) is 0 Å². The van der Waals surface area contributed by atoms with Gasteiger partial charge in [-0.2, -0.15) is 0 Å². The first-order valence-corrected chi connectivity index (χ1v) is 6.41. The molecule has 1 aliphatic heterocycles. The Morgan fingerprint density at radius 1 is 1.35 bits per heavy atom. The Balaban J connectivity index is 2.91. The molecule has 4 heteroatoms. The first-order chi connectivity index (χ1) is 7.79. The Kier molecular flexibility index (Phi) is 4.17. The average molecular weight is 240 g/mol. The van der Waals surface area contributed by atoms with Crippen LogP contribution in [0, 0.1) is 5.92 Å². The third kappa shape index (κ3) is 2.99. The van der Waals surface area contributed by atoms with Crippen LogP contribution in [0.15, 0.2) is 0 Å². The molecule has 0 saturated carbocycles. The molecule has 0 bridgehead atoms. The van der Waals surface area contributed by atoms with Crippen LogP contribution in [-0.4, -0.2) is 34.8 Å². The first-order valence-electron chi connectivity index (χ1n) is 6.41. The summed E-state index contributed by atoms with van der Waals surface area (Å²) in [5.74, 6) is 0.432. The predicted molar refractivity (Wildman–Crippen MR) is 67.5 cm³/mol. The van der Waals surface area contributed by atoms with E-state index in [1.807, 2.05) is 4.90 Å². The number of carbonyl (C=O) groups excluding carboxylic acids is 2. The molecule has 17 heavy (non-hydrogen) atoms. The lowest BCUT2D eigenvalue weighted by Crippen LogP contribution is -2.55. The van der Waals surface area contributed by atoms with Crippen LogP contribution >= 0.6 is 0 Å². The van der Waals surface area contributed by atoms with E-state index in [-0.39, 0.29) is 17.9 Å². The van der Waals surface area contributed by atoms with Crippen LogP contribution in [0.2, 0.25) is 0 Å². The molecular weight excluding hydrogens is 216 g/mol. The number of nitrogens with zero attached hydrogens (tertiary/aromatic N) is 1. The zero-order chi connectivity index (χ0) is 13.2. The highest BCUT2D eigenvalue weighted by molar-refractivity contribution is 5.93. The van der Waals surface area contributed by atoms with Gasteiger partial charge in [-0.25, -0.2) is 0 Å². The van der Waals surface area contributed by atoms with Gasteiger partial charge in [-0.15, -0.1) is 0 Å². The summed E-state index contributed by atoms with van der Waals surface area (Å²) in [5.41, 5.74) is -0.782. The molecular formula is C13H24N2O2. The maximum absolute atomic E-state index is 12.4. The summed E-state index contributed by atoms with van der Waals surface area (Å²) in [6, 6.07) is 0.180. The molecule has 1 rings (SSSR count). The van der Waals surface area contributed by atoms with E-state index < -0.39 is 5.54 Å². The van der Waals surface area contributed by atoms with E-state index in [9.17, 15) is 9.59 Å². The maximum Gasteiger partial charge on any atom is 0.248 e. The molecule has 1 heterocycles. The molecule has 0 aromatic carbocycles. The van der Waals surface area contributed by atoms with E-state index >= 15 is 0 Å². The lowest BCUT2D eigenvalue weighted by atomic mass is 9.96. The van der Waals surface area contributed by atoms with Gasteiger partial charge >= 0.3 is 0 Å². The van der Waals surface area contributed by atoms with E-state index in [4.69, 9.17) is 0 Å². The third-order valence-electron chi connectivity index (χ3n) is 3.79. The molecule has 2 atom stereocenters. The minimum absolute atomic E-state index is 0.0242. The largest absolute Gasteiger partial charge is 0.342 e. The molecule has 0 radical (unpaired) electrons. The highest BCUT2D eigenvalue weighted by atomic mass is 16.2. The second kappa shape index (κ2) is 5.07. The summed E-state index contributed by atoms with van der Waals surface area (Å²) in [4.78, 5) is 25.8. The van der Waals surface area contributed by atoms with Gasteiger partial charge in [0.1, 0.15) is 5.54 Å². The van der Waals surface area contributed by atoms with E-state index in [0.717, 1.165) is 6.42 Å². The highest BCUT2D eigenvalue weighted by Crippen LogP contribution is 2.21. The summed E-state index contributed by atoms with van der Waals surface area (Å²) < 4.78 is 0. The lowest BCUT2D eigenvalue weighted by molar-refractivity contribution is -0.140. The second-order valence-corrected chi connectivity index (χ2v) is 5.55. The van der Waals surface area contributed by atoms with Gasteiger partial charge in [0, 0.05) is 19.0 Å². The second-order valence-electron chi connectivity index (χ2n) is 5.55. The Morgan fingerprint density at radius 2 is 1.94 bits per heavy atom. The predicted octanol–water partition coefficient (Wildman–Crippen LogP) is 1.55. The molecule has 4 nitrogen and oxygen atoms in total. The topological polar surface area (TPSA) is 49.4 Å². The summed E-state index contributed by atoms with van der Waals surface area (Å²) in [6.45, 7) is 10.4. The van der Waals surface area contributed by atoms with Crippen LogP contribution in [0.25, 0.3) is 0 Å². The zero-order valence-electron chi connectivity index (χ0n) is 11.5. The molecule has 0 aliphatic carbocycles. The van der Waals surface area contributed by atoms with Crippen LogP contribution in [0.3, 0.4) is 0 Å². The Morgan fingerprint density at radius 3 is 2.47 bits per heavy atom. The van der Waals surface area contributed by atoms with E-state index in [1.165, 1.54) is 0 Å². The smallest absolute Gasteiger partial charge is 0.248 e. The molecule has 1 saturated heterocycles. The van der Waals surface area contributed by atoms with E-state index in [0.29, 0.717) is 18.9 Å². The highest BCUT2D eigenvalue weighted by Gasteiger charge is 2.38. The van der Waals surface area contributed by atoms with Crippen LogP contribution in [0.5, 0.6) is 0 Å². The van der Waals surface area contributed by atoms with Gasteiger partial charge in [0.05, 0.1) is 0 Å². The zero-order valence-corrected chi connectivity index (χ0v) is 11.5. The number of hydrogen-bond donors (Lipinski definition) is 1. The maximum atomic E-state index is 12.4. The summed E-state index contributed by atoms with van der Waals surface area (Å²) in [6.07, 6.45) is 1.43. The van der Waals surface area contributed by atoms with Crippen molar-refractivity contribution in [1.29, 1.82) is 0 Å². The van der Waals surface area contributed by atoms with Crippen molar-refractivity contribution < 1.29 is 9.59 Å². The molecule has 0 spiro atoms. The molecule has 1 fully saturated rings. The minimum atomic E-state index is -0.782. The van der Waals surface area contributed by atoms with Gasteiger partial charge < -0.3 is 10.2 Å². The van der Waals surface area contributed by atoms with Crippen molar-refractivity contribution >= 4 is 11.8 Å². The van der Waals surface area contributed by atoms with E-state index in [1.54, 1.807) is 13.8 Å². The van der Waals surface area contributed by atoms with Crippen LogP contribution in [0.4, 0.5) is 0 Å². The summed E-state index contributed by atoms with van der Waals surface area (Å²) in [5, 5.41) is 2.78. The fourth-order valence-electron chi connectivity index (χ4n) is 2.18. The van der Waals surface area contributed by atoms with Gasteiger partial charge in [0.15, 0.2) is 0 Å². The number of nitrogens with one attached hydrogen (secondary N) is 1. The first kappa shape index (κ1) is 14.0. The lowest BCUT2D eigenvalue weighted by Gasteiger charge is -2.35. The van der Waals surface area contributed by atoms with Gasteiger partial charge in [-0.1, -0.05) is 20.3 Å². The molecule has 1 aliphatic rings. The number of hydrogen-bond acceptors (Lipinski definition) is 2. The Hall–Kier alpha value is -1.06. The fraction of sp³-hybridized carbons (Fsp3) is 0.846. The van der Waals surface area contributed by atoms with Gasteiger partial charge in [-0.05, 0) is 26.7 Å². The standard InChI is InChI=1S/C13H24N2O2/c1-6-9(2)10(3)15-8-7-11(16)14-13(4,5)12(15)17/h9-10H,6-8H2,1-5H3,(H,14,16). The van der Waals surface area contributed by atoms with Crippen molar-refractivity contribution in [1.82, 2.24) is 10.2 Å². The normalized spacial score (nSPS) is 23.9. The van der Waals surface area contributed by atoms with Crippen molar-refractivity contribution in [2.75, 3.05) is 6.54 Å². The molecule has 0 aromatic rings. The van der Waals surface area contributed by atoms with Crippen molar-refractivity contribution in [3.63, 3.8) is 0 Å². The van der Waals surface area contributed by atoms with Crippen molar-refractivity contribution in [2.24, 2.45) is 5.92 Å². The molecule has 98 valence electrons. The monoisotopic (exact) mass is 240 g/mol. The van der Waals surface area contributed by atoms with Gasteiger partial charge in [0.2, 0.25) is 11.8 Å².